The second-order valence-electron chi connectivity index (χ2n) is 5.17. The zero-order valence-electron chi connectivity index (χ0n) is 11.7. The molecule has 1 heterocycles. The van der Waals surface area contributed by atoms with Gasteiger partial charge < -0.3 is 10.3 Å². The highest BCUT2D eigenvalue weighted by Gasteiger charge is 2.27. The molecule has 3 rings (SSSR count). The summed E-state index contributed by atoms with van der Waals surface area (Å²) < 4.78 is 13.4. The Bertz CT molecular complexity index is 715. The Balaban J connectivity index is 2.00. The number of carbonyl (C=O) groups excluding carboxylic acids is 1. The van der Waals surface area contributed by atoms with Gasteiger partial charge in [0.2, 0.25) is 0 Å². The number of hydrazine groups is 1. The number of hydrogen-bond acceptors (Lipinski definition) is 3. The van der Waals surface area contributed by atoms with Crippen LogP contribution in [0.1, 0.15) is 21.5 Å². The molecule has 3 N–H and O–H groups in total. The van der Waals surface area contributed by atoms with Crippen molar-refractivity contribution in [3.8, 4) is 0 Å². The van der Waals surface area contributed by atoms with Crippen molar-refractivity contribution in [1.82, 2.24) is 0 Å². The van der Waals surface area contributed by atoms with E-state index < -0.39 is 0 Å². The third kappa shape index (κ3) is 2.36. The van der Waals surface area contributed by atoms with E-state index in [0.29, 0.717) is 23.5 Å². The summed E-state index contributed by atoms with van der Waals surface area (Å²) in [6.45, 7) is 2.48. The number of hydrogen-bond donors (Lipinski definition) is 2. The lowest BCUT2D eigenvalue weighted by Gasteiger charge is -2.19. The smallest absolute Gasteiger partial charge is 0.260 e. The molecule has 0 fully saturated rings. The first-order valence-corrected chi connectivity index (χ1v) is 6.77. The summed E-state index contributed by atoms with van der Waals surface area (Å²) in [4.78, 5) is 14.3. The summed E-state index contributed by atoms with van der Waals surface area (Å²) in [6.07, 6.45) is 0.735. The predicted octanol–water partition coefficient (Wildman–Crippen LogP) is 2.62. The lowest BCUT2D eigenvalue weighted by atomic mass is 10.1. The maximum absolute atomic E-state index is 13.4. The normalized spacial score (nSPS) is 13.2. The van der Waals surface area contributed by atoms with E-state index in [-0.39, 0.29) is 11.7 Å². The Kier molecular flexibility index (Phi) is 3.35. The van der Waals surface area contributed by atoms with Gasteiger partial charge in [0.15, 0.2) is 0 Å². The van der Waals surface area contributed by atoms with E-state index in [1.165, 1.54) is 12.1 Å². The van der Waals surface area contributed by atoms with Crippen molar-refractivity contribution in [2.24, 2.45) is 5.84 Å². The van der Waals surface area contributed by atoms with Crippen molar-refractivity contribution in [3.63, 3.8) is 0 Å². The molecule has 1 aliphatic heterocycles. The molecule has 21 heavy (non-hydrogen) atoms. The van der Waals surface area contributed by atoms with Crippen molar-refractivity contribution in [1.29, 1.82) is 0 Å². The highest BCUT2D eigenvalue weighted by Crippen LogP contribution is 2.31. The standard InChI is InChI=1S/C16H16FN3O/c1-10-2-5-13(14(8-10)19-18)16(21)20-7-6-11-3-4-12(17)9-15(11)20/h2-5,8-9,19H,6-7,18H2,1H3. The number of nitrogens with one attached hydrogen (secondary N) is 1. The van der Waals surface area contributed by atoms with Crippen LogP contribution in [0.4, 0.5) is 15.8 Å². The van der Waals surface area contributed by atoms with E-state index in [0.717, 1.165) is 17.5 Å². The van der Waals surface area contributed by atoms with E-state index in [1.807, 2.05) is 19.1 Å². The van der Waals surface area contributed by atoms with Crippen molar-refractivity contribution in [2.45, 2.75) is 13.3 Å². The maximum atomic E-state index is 13.4. The third-order valence-electron chi connectivity index (χ3n) is 3.75. The molecule has 1 amide bonds. The SMILES string of the molecule is Cc1ccc(C(=O)N2CCc3ccc(F)cc32)c(NN)c1. The summed E-state index contributed by atoms with van der Waals surface area (Å²) in [5.74, 6) is 4.98. The molecule has 0 aliphatic carbocycles. The highest BCUT2D eigenvalue weighted by atomic mass is 19.1. The van der Waals surface area contributed by atoms with E-state index in [9.17, 15) is 9.18 Å². The Hall–Kier alpha value is -2.40. The highest BCUT2D eigenvalue weighted by molar-refractivity contribution is 6.10. The minimum absolute atomic E-state index is 0.174. The fourth-order valence-corrected chi connectivity index (χ4v) is 2.67. The van der Waals surface area contributed by atoms with Crippen LogP contribution in [0.2, 0.25) is 0 Å². The van der Waals surface area contributed by atoms with Crippen LogP contribution in [0.25, 0.3) is 0 Å². The molecule has 0 aromatic heterocycles. The monoisotopic (exact) mass is 285 g/mol. The van der Waals surface area contributed by atoms with Crippen LogP contribution >= 0.6 is 0 Å². The average molecular weight is 285 g/mol. The van der Waals surface area contributed by atoms with Gasteiger partial charge in [-0.2, -0.15) is 0 Å². The van der Waals surface area contributed by atoms with Gasteiger partial charge in [0.25, 0.3) is 5.91 Å². The zero-order valence-corrected chi connectivity index (χ0v) is 11.7. The van der Waals surface area contributed by atoms with Crippen molar-refractivity contribution >= 4 is 17.3 Å². The molecule has 5 heteroatoms. The van der Waals surface area contributed by atoms with Gasteiger partial charge in [-0.25, -0.2) is 4.39 Å². The fraction of sp³-hybridized carbons (Fsp3) is 0.188. The zero-order chi connectivity index (χ0) is 15.0. The van der Waals surface area contributed by atoms with E-state index in [4.69, 9.17) is 5.84 Å². The molecule has 2 aromatic rings. The number of nitrogens with two attached hydrogens (primary N) is 1. The molecule has 0 atom stereocenters. The van der Waals surface area contributed by atoms with Crippen LogP contribution < -0.4 is 16.2 Å². The molecule has 2 aromatic carbocycles. The number of rotatable bonds is 2. The minimum atomic E-state index is -0.338. The first-order chi connectivity index (χ1) is 10.1. The predicted molar refractivity (Wildman–Crippen MR) is 80.8 cm³/mol. The van der Waals surface area contributed by atoms with Crippen molar-refractivity contribution < 1.29 is 9.18 Å². The van der Waals surface area contributed by atoms with Gasteiger partial charge >= 0.3 is 0 Å². The Morgan fingerprint density at radius 3 is 2.86 bits per heavy atom. The van der Waals surface area contributed by atoms with Gasteiger partial charge in [-0.3, -0.25) is 10.6 Å². The molecule has 4 nitrogen and oxygen atoms in total. The average Bonchev–Trinajstić information content (AvgIpc) is 2.89. The summed E-state index contributed by atoms with van der Waals surface area (Å²) in [6, 6.07) is 9.97. The molecular formula is C16H16FN3O. The first kappa shape index (κ1) is 13.6. The number of nitrogen functional groups attached to an aromatic ring is 1. The molecule has 0 radical (unpaired) electrons. The molecule has 108 valence electrons. The van der Waals surface area contributed by atoms with Crippen molar-refractivity contribution in [2.75, 3.05) is 16.9 Å². The number of benzene rings is 2. The molecule has 0 bridgehead atoms. The summed E-state index contributed by atoms with van der Waals surface area (Å²) in [5, 5.41) is 0. The second kappa shape index (κ2) is 5.18. The van der Waals surface area contributed by atoms with Crippen LogP contribution in [0.15, 0.2) is 36.4 Å². The van der Waals surface area contributed by atoms with Gasteiger partial charge in [-0.05, 0) is 48.7 Å². The van der Waals surface area contributed by atoms with E-state index in [1.54, 1.807) is 17.0 Å². The number of nitrogens with zero attached hydrogens (tertiary/aromatic N) is 1. The summed E-state index contributed by atoms with van der Waals surface area (Å²) in [7, 11) is 0. The van der Waals surface area contributed by atoms with Crippen LogP contribution in [-0.4, -0.2) is 12.5 Å². The van der Waals surface area contributed by atoms with Gasteiger partial charge in [0.05, 0.1) is 16.9 Å². The number of halogens is 1. The van der Waals surface area contributed by atoms with Gasteiger partial charge in [-0.1, -0.05) is 12.1 Å². The minimum Gasteiger partial charge on any atom is -0.323 e. The number of anilines is 2. The lowest BCUT2D eigenvalue weighted by Crippen LogP contribution is -2.30. The summed E-state index contributed by atoms with van der Waals surface area (Å²) >= 11 is 0. The quantitative estimate of drug-likeness (QED) is 0.658. The Labute approximate surface area is 122 Å². The first-order valence-electron chi connectivity index (χ1n) is 6.77. The largest absolute Gasteiger partial charge is 0.323 e. The van der Waals surface area contributed by atoms with Gasteiger partial charge in [0, 0.05) is 6.54 Å². The van der Waals surface area contributed by atoms with Crippen LogP contribution in [0.5, 0.6) is 0 Å². The number of amides is 1. The van der Waals surface area contributed by atoms with Crippen LogP contribution in [0.3, 0.4) is 0 Å². The van der Waals surface area contributed by atoms with Crippen LogP contribution in [0, 0.1) is 12.7 Å². The van der Waals surface area contributed by atoms with Gasteiger partial charge in [0.1, 0.15) is 5.82 Å². The molecule has 0 spiro atoms. The molecular weight excluding hydrogens is 269 g/mol. The van der Waals surface area contributed by atoms with Crippen LogP contribution in [-0.2, 0) is 6.42 Å². The maximum Gasteiger partial charge on any atom is 0.260 e. The lowest BCUT2D eigenvalue weighted by molar-refractivity contribution is 0.0990. The summed E-state index contributed by atoms with van der Waals surface area (Å²) in [5.41, 5.74) is 6.25. The fourth-order valence-electron chi connectivity index (χ4n) is 2.67. The van der Waals surface area contributed by atoms with E-state index in [2.05, 4.69) is 5.43 Å². The number of fused-ring (bicyclic) bond motifs is 1. The molecule has 1 aliphatic rings. The Morgan fingerprint density at radius 1 is 1.29 bits per heavy atom. The number of aryl methyl sites for hydroxylation is 1. The van der Waals surface area contributed by atoms with E-state index >= 15 is 0 Å². The van der Waals surface area contributed by atoms with Gasteiger partial charge in [-0.15, -0.1) is 0 Å². The topological polar surface area (TPSA) is 58.4 Å². The van der Waals surface area contributed by atoms with Crippen molar-refractivity contribution in [3.05, 3.63) is 58.9 Å². The molecule has 0 saturated heterocycles. The second-order valence-corrected chi connectivity index (χ2v) is 5.17. The molecule has 0 unspecified atom stereocenters. The molecule has 0 saturated carbocycles. The number of carbonyl (C=O) groups is 1. The third-order valence-corrected chi connectivity index (χ3v) is 3.75. The Morgan fingerprint density at radius 2 is 2.10 bits per heavy atom.